The maximum absolute atomic E-state index is 12.2. The van der Waals surface area contributed by atoms with E-state index >= 15 is 0 Å². The summed E-state index contributed by atoms with van der Waals surface area (Å²) >= 11 is 0. The number of nitrogens with one attached hydrogen (secondary N) is 1. The molecule has 0 radical (unpaired) electrons. The van der Waals surface area contributed by atoms with E-state index in [9.17, 15) is 19.2 Å². The number of aryl methyl sites for hydroxylation is 1. The molecular weight excluding hydrogens is 464 g/mol. The van der Waals surface area contributed by atoms with Crippen molar-refractivity contribution in [2.45, 2.75) is 52.2 Å². The fraction of sp³-hybridized carbons (Fsp3) is 0.455. The first-order chi connectivity index (χ1) is 16.6. The number of esters is 4. The van der Waals surface area contributed by atoms with Crippen LogP contribution in [0.2, 0.25) is 0 Å². The van der Waals surface area contributed by atoms with E-state index < -0.39 is 48.4 Å². The third kappa shape index (κ3) is 6.32. The van der Waals surface area contributed by atoms with Gasteiger partial charge in [-0.1, -0.05) is 17.7 Å². The lowest BCUT2D eigenvalue weighted by Gasteiger charge is -2.23. The molecule has 0 unspecified atom stereocenters. The van der Waals surface area contributed by atoms with Crippen molar-refractivity contribution in [3.63, 3.8) is 0 Å². The molecule has 1 aliphatic rings. The highest BCUT2D eigenvalue weighted by atomic mass is 16.7. The lowest BCUT2D eigenvalue weighted by atomic mass is 10.1. The van der Waals surface area contributed by atoms with E-state index in [1.807, 2.05) is 19.1 Å². The van der Waals surface area contributed by atoms with Gasteiger partial charge in [0.2, 0.25) is 5.95 Å². The summed E-state index contributed by atoms with van der Waals surface area (Å²) in [7, 11) is 1.18. The number of hydrogen-bond donors (Lipinski definition) is 1. The van der Waals surface area contributed by atoms with Gasteiger partial charge in [-0.2, -0.15) is 9.67 Å². The quantitative estimate of drug-likeness (QED) is 0.420. The molecule has 13 nitrogen and oxygen atoms in total. The fourth-order valence-corrected chi connectivity index (χ4v) is 3.42. The van der Waals surface area contributed by atoms with Crippen molar-refractivity contribution in [3.05, 3.63) is 35.7 Å². The second-order valence-electron chi connectivity index (χ2n) is 7.70. The number of methoxy groups -OCH3 is 1. The highest BCUT2D eigenvalue weighted by Crippen LogP contribution is 2.36. The van der Waals surface area contributed by atoms with Crippen molar-refractivity contribution < 1.29 is 42.9 Å². The van der Waals surface area contributed by atoms with Gasteiger partial charge in [-0.3, -0.25) is 14.4 Å². The van der Waals surface area contributed by atoms with Crippen molar-refractivity contribution in [1.82, 2.24) is 14.8 Å². The molecule has 0 bridgehead atoms. The Morgan fingerprint density at radius 2 is 1.63 bits per heavy atom. The summed E-state index contributed by atoms with van der Waals surface area (Å²) in [6.45, 7) is 5.20. The number of anilines is 2. The molecule has 1 aromatic carbocycles. The zero-order valence-electron chi connectivity index (χ0n) is 19.8. The van der Waals surface area contributed by atoms with Crippen LogP contribution in [0.1, 0.15) is 43.2 Å². The van der Waals surface area contributed by atoms with Crippen LogP contribution in [0.25, 0.3) is 0 Å². The molecule has 2 aromatic rings. The predicted octanol–water partition coefficient (Wildman–Crippen LogP) is 1.44. The average Bonchev–Trinajstić information content (AvgIpc) is 3.34. The molecule has 0 saturated carbocycles. The zero-order chi connectivity index (χ0) is 25.7. The highest BCUT2D eigenvalue weighted by molar-refractivity contribution is 5.85. The van der Waals surface area contributed by atoms with Gasteiger partial charge >= 0.3 is 23.9 Å². The van der Waals surface area contributed by atoms with Crippen molar-refractivity contribution in [2.24, 2.45) is 0 Å². The molecule has 1 aromatic heterocycles. The van der Waals surface area contributed by atoms with E-state index in [1.165, 1.54) is 32.6 Å². The minimum Gasteiger partial charge on any atom is -0.463 e. The highest BCUT2D eigenvalue weighted by Gasteiger charge is 2.52. The van der Waals surface area contributed by atoms with Crippen molar-refractivity contribution in [1.29, 1.82) is 0 Å². The lowest BCUT2D eigenvalue weighted by molar-refractivity contribution is -0.166. The van der Waals surface area contributed by atoms with Gasteiger partial charge in [-0.25, -0.2) is 4.79 Å². The van der Waals surface area contributed by atoms with Crippen molar-refractivity contribution in [3.8, 4) is 0 Å². The largest absolute Gasteiger partial charge is 0.463 e. The van der Waals surface area contributed by atoms with E-state index in [0.29, 0.717) is 5.69 Å². The van der Waals surface area contributed by atoms with Crippen LogP contribution in [0.4, 0.5) is 11.6 Å². The van der Waals surface area contributed by atoms with Crippen LogP contribution in [-0.4, -0.2) is 70.7 Å². The molecule has 1 saturated heterocycles. The SMILES string of the molecule is COC(=O)c1nc(Nc2ccc(C)cc2)n([C@@H]2O[C@H](COC(C)=O)[C@@H](OC(C)=O)[C@H]2OC(C)=O)n1. The van der Waals surface area contributed by atoms with E-state index in [-0.39, 0.29) is 18.4 Å². The molecule has 1 fully saturated rings. The Morgan fingerprint density at radius 3 is 2.20 bits per heavy atom. The predicted molar refractivity (Wildman–Crippen MR) is 117 cm³/mol. The summed E-state index contributed by atoms with van der Waals surface area (Å²) in [6, 6.07) is 7.31. The van der Waals surface area contributed by atoms with Crippen LogP contribution in [0.5, 0.6) is 0 Å². The Labute approximate surface area is 200 Å². The standard InChI is InChI=1S/C22H26N4O9/c1-11-6-8-15(9-7-11)23-22-24-19(21(30)31-5)25-26(22)20-18(34-14(4)29)17(33-13(3)28)16(35-20)10-32-12(2)27/h6-9,16-18,20H,10H2,1-5H3,(H,23,24,25)/t16-,17-,18-,20-/m1/s1. The van der Waals surface area contributed by atoms with Gasteiger partial charge in [-0.05, 0) is 19.1 Å². The third-order valence-electron chi connectivity index (χ3n) is 4.89. The molecule has 13 heteroatoms. The topological polar surface area (TPSA) is 157 Å². The van der Waals surface area contributed by atoms with Crippen LogP contribution in [0.3, 0.4) is 0 Å². The van der Waals surface area contributed by atoms with Gasteiger partial charge in [0, 0.05) is 26.5 Å². The van der Waals surface area contributed by atoms with Gasteiger partial charge in [-0.15, -0.1) is 5.10 Å². The Hall–Kier alpha value is -4.00. The summed E-state index contributed by atoms with van der Waals surface area (Å²) < 4.78 is 27.7. The first-order valence-electron chi connectivity index (χ1n) is 10.6. The van der Waals surface area contributed by atoms with Gasteiger partial charge in [0.15, 0.2) is 18.4 Å². The summed E-state index contributed by atoms with van der Waals surface area (Å²) in [4.78, 5) is 51.4. The number of benzene rings is 1. The minimum atomic E-state index is -1.21. The normalized spacial score (nSPS) is 21.2. The second-order valence-corrected chi connectivity index (χ2v) is 7.70. The zero-order valence-corrected chi connectivity index (χ0v) is 19.8. The number of carbonyl (C=O) groups excluding carboxylic acids is 4. The molecule has 1 N–H and O–H groups in total. The summed E-state index contributed by atoms with van der Waals surface area (Å²) in [5, 5.41) is 7.22. The second kappa shape index (κ2) is 11.0. The Bertz CT molecular complexity index is 1100. The molecule has 0 aliphatic carbocycles. The molecule has 3 rings (SSSR count). The van der Waals surface area contributed by atoms with Crippen molar-refractivity contribution >= 4 is 35.5 Å². The summed E-state index contributed by atoms with van der Waals surface area (Å²) in [6.07, 6.45) is -4.56. The molecule has 0 spiro atoms. The van der Waals surface area contributed by atoms with Gasteiger partial charge in [0.1, 0.15) is 12.7 Å². The van der Waals surface area contributed by atoms with Gasteiger partial charge in [0.25, 0.3) is 5.82 Å². The maximum Gasteiger partial charge on any atom is 0.378 e. The molecule has 0 amide bonds. The molecule has 188 valence electrons. The van der Waals surface area contributed by atoms with E-state index in [0.717, 1.165) is 5.56 Å². The molecule has 35 heavy (non-hydrogen) atoms. The van der Waals surface area contributed by atoms with Gasteiger partial charge in [0.05, 0.1) is 7.11 Å². The number of aromatic nitrogens is 3. The van der Waals surface area contributed by atoms with Crippen LogP contribution in [0, 0.1) is 6.92 Å². The maximum atomic E-state index is 12.2. The number of ether oxygens (including phenoxy) is 5. The first-order valence-corrected chi connectivity index (χ1v) is 10.6. The molecule has 2 heterocycles. The average molecular weight is 490 g/mol. The molecule has 4 atom stereocenters. The van der Waals surface area contributed by atoms with Crippen LogP contribution in [0.15, 0.2) is 24.3 Å². The van der Waals surface area contributed by atoms with Crippen LogP contribution in [-0.2, 0) is 38.1 Å². The number of hydrogen-bond acceptors (Lipinski definition) is 12. The summed E-state index contributed by atoms with van der Waals surface area (Å²) in [5.74, 6) is -2.99. The number of carbonyl (C=O) groups is 4. The van der Waals surface area contributed by atoms with Crippen molar-refractivity contribution in [2.75, 3.05) is 19.0 Å². The van der Waals surface area contributed by atoms with Crippen LogP contribution < -0.4 is 5.32 Å². The Balaban J connectivity index is 2.05. The number of nitrogens with zero attached hydrogens (tertiary/aromatic N) is 3. The lowest BCUT2D eigenvalue weighted by Crippen LogP contribution is -2.40. The number of rotatable bonds is 8. The van der Waals surface area contributed by atoms with E-state index in [1.54, 1.807) is 12.1 Å². The Kier molecular flexibility index (Phi) is 8.02. The van der Waals surface area contributed by atoms with E-state index in [4.69, 9.17) is 23.7 Å². The smallest absolute Gasteiger partial charge is 0.378 e. The minimum absolute atomic E-state index is 0.0612. The molecule has 1 aliphatic heterocycles. The fourth-order valence-electron chi connectivity index (χ4n) is 3.42. The molecular formula is C22H26N4O9. The third-order valence-corrected chi connectivity index (χ3v) is 4.89. The van der Waals surface area contributed by atoms with Gasteiger partial charge < -0.3 is 29.0 Å². The van der Waals surface area contributed by atoms with Crippen LogP contribution >= 0.6 is 0 Å². The van der Waals surface area contributed by atoms with E-state index in [2.05, 4.69) is 15.4 Å². The summed E-state index contributed by atoms with van der Waals surface area (Å²) in [5.41, 5.74) is 1.65. The Morgan fingerprint density at radius 1 is 1.00 bits per heavy atom. The first kappa shape index (κ1) is 25.6. The monoisotopic (exact) mass is 490 g/mol.